The predicted molar refractivity (Wildman–Crippen MR) is 74.5 cm³/mol. The zero-order valence-corrected chi connectivity index (χ0v) is 12.4. The summed E-state index contributed by atoms with van der Waals surface area (Å²) in [6.07, 6.45) is 3.36. The van der Waals surface area contributed by atoms with E-state index in [4.69, 9.17) is 16.7 Å². The van der Waals surface area contributed by atoms with Crippen LogP contribution in [-0.4, -0.2) is 31.4 Å². The fourth-order valence-electron chi connectivity index (χ4n) is 2.15. The predicted octanol–water partition coefficient (Wildman–Crippen LogP) is 2.25. The summed E-state index contributed by atoms with van der Waals surface area (Å²) in [4.78, 5) is 0.0718. The molecule has 19 heavy (non-hydrogen) atoms. The van der Waals surface area contributed by atoms with Crippen LogP contribution in [0.15, 0.2) is 23.1 Å². The summed E-state index contributed by atoms with van der Waals surface area (Å²) in [6, 6.07) is 4.57. The van der Waals surface area contributed by atoms with Crippen LogP contribution < -0.4 is 0 Å². The van der Waals surface area contributed by atoms with Crippen LogP contribution in [-0.2, 0) is 16.6 Å². The van der Waals surface area contributed by atoms with Gasteiger partial charge in [-0.2, -0.15) is 0 Å². The molecule has 6 heteroatoms. The third-order valence-electron chi connectivity index (χ3n) is 3.61. The number of nitrogens with zero attached hydrogens (tertiary/aromatic N) is 1. The third kappa shape index (κ3) is 3.11. The Morgan fingerprint density at radius 3 is 2.63 bits per heavy atom. The Labute approximate surface area is 119 Å². The summed E-state index contributed by atoms with van der Waals surface area (Å²) in [5, 5.41) is 9.29. The van der Waals surface area contributed by atoms with E-state index in [1.54, 1.807) is 13.1 Å². The van der Waals surface area contributed by atoms with Gasteiger partial charge < -0.3 is 5.11 Å². The Morgan fingerprint density at radius 1 is 1.42 bits per heavy atom. The molecule has 0 amide bonds. The van der Waals surface area contributed by atoms with Gasteiger partial charge in [-0.15, -0.1) is 0 Å². The van der Waals surface area contributed by atoms with Gasteiger partial charge in [-0.1, -0.05) is 24.1 Å². The van der Waals surface area contributed by atoms with Gasteiger partial charge in [0.25, 0.3) is 0 Å². The lowest BCUT2D eigenvalue weighted by Gasteiger charge is -2.29. The molecule has 0 spiro atoms. The number of hydrogen-bond donors (Lipinski definition) is 1. The molecule has 0 saturated heterocycles. The van der Waals surface area contributed by atoms with Crippen molar-refractivity contribution in [3.63, 3.8) is 0 Å². The number of benzene rings is 1. The molecular formula is C13H18ClNO3S. The third-order valence-corrected chi connectivity index (χ3v) is 5.91. The van der Waals surface area contributed by atoms with Crippen LogP contribution in [0, 0.1) is 5.92 Å². The Hall–Kier alpha value is -0.620. The molecule has 0 unspecified atom stereocenters. The van der Waals surface area contributed by atoms with E-state index in [0.717, 1.165) is 12.8 Å². The molecule has 1 aliphatic rings. The first kappa shape index (κ1) is 14.8. The highest BCUT2D eigenvalue weighted by molar-refractivity contribution is 7.89. The molecule has 106 valence electrons. The Morgan fingerprint density at radius 2 is 2.11 bits per heavy atom. The van der Waals surface area contributed by atoms with Gasteiger partial charge in [-0.3, -0.25) is 0 Å². The molecule has 0 heterocycles. The number of rotatable bonds is 5. The molecular weight excluding hydrogens is 286 g/mol. The fraction of sp³-hybridized carbons (Fsp3) is 0.538. The van der Waals surface area contributed by atoms with Crippen molar-refractivity contribution >= 4 is 21.6 Å². The summed E-state index contributed by atoms with van der Waals surface area (Å²) < 4.78 is 26.3. The van der Waals surface area contributed by atoms with Crippen molar-refractivity contribution in [1.82, 2.24) is 4.31 Å². The highest BCUT2D eigenvalue weighted by Crippen LogP contribution is 2.30. The van der Waals surface area contributed by atoms with Crippen molar-refractivity contribution in [2.24, 2.45) is 5.92 Å². The van der Waals surface area contributed by atoms with Gasteiger partial charge >= 0.3 is 0 Å². The van der Waals surface area contributed by atoms with Crippen molar-refractivity contribution in [2.75, 3.05) is 13.6 Å². The van der Waals surface area contributed by atoms with Gasteiger partial charge in [0.05, 0.1) is 11.6 Å². The van der Waals surface area contributed by atoms with Crippen LogP contribution in [0.1, 0.15) is 24.8 Å². The Kier molecular flexibility index (Phi) is 4.50. The standard InChI is InChI=1S/C13H18ClNO3S/c1-15(8-10-3-2-4-10)19(17,18)13-7-11(9-16)5-6-12(13)14/h5-7,10,16H,2-4,8-9H2,1H3. The van der Waals surface area contributed by atoms with Gasteiger partial charge in [0.1, 0.15) is 4.90 Å². The lowest BCUT2D eigenvalue weighted by Crippen LogP contribution is -2.34. The normalized spacial score (nSPS) is 16.6. The minimum atomic E-state index is -3.58. The first-order valence-corrected chi connectivity index (χ1v) is 8.12. The second kappa shape index (κ2) is 5.79. The smallest absolute Gasteiger partial charge is 0.244 e. The SMILES string of the molecule is CN(CC1CCC1)S(=O)(=O)c1cc(CO)ccc1Cl. The highest BCUT2D eigenvalue weighted by Gasteiger charge is 2.28. The van der Waals surface area contributed by atoms with E-state index in [-0.39, 0.29) is 16.5 Å². The lowest BCUT2D eigenvalue weighted by molar-refractivity contribution is 0.263. The molecule has 4 nitrogen and oxygen atoms in total. The Balaban J connectivity index is 2.26. The van der Waals surface area contributed by atoms with Crippen molar-refractivity contribution in [1.29, 1.82) is 0 Å². The molecule has 2 rings (SSSR count). The van der Waals surface area contributed by atoms with Crippen molar-refractivity contribution < 1.29 is 13.5 Å². The monoisotopic (exact) mass is 303 g/mol. The maximum atomic E-state index is 12.5. The van der Waals surface area contributed by atoms with Crippen LogP contribution in [0.5, 0.6) is 0 Å². The second-order valence-electron chi connectivity index (χ2n) is 5.01. The molecule has 1 N–H and O–H groups in total. The number of aliphatic hydroxyl groups is 1. The van der Waals surface area contributed by atoms with Crippen LogP contribution in [0.2, 0.25) is 5.02 Å². The average molecular weight is 304 g/mol. The van der Waals surface area contributed by atoms with Gasteiger partial charge in [-0.25, -0.2) is 12.7 Å². The summed E-state index contributed by atoms with van der Waals surface area (Å²) in [6.45, 7) is 0.327. The van der Waals surface area contributed by atoms with Crippen LogP contribution in [0.25, 0.3) is 0 Å². The molecule has 1 aromatic rings. The summed E-state index contributed by atoms with van der Waals surface area (Å²) >= 11 is 5.98. The van der Waals surface area contributed by atoms with Crippen LogP contribution >= 0.6 is 11.6 Å². The molecule has 1 fully saturated rings. The van der Waals surface area contributed by atoms with E-state index in [9.17, 15) is 8.42 Å². The van der Waals surface area contributed by atoms with Crippen molar-refractivity contribution in [2.45, 2.75) is 30.8 Å². The maximum Gasteiger partial charge on any atom is 0.244 e. The minimum absolute atomic E-state index is 0.0718. The number of aliphatic hydroxyl groups excluding tert-OH is 1. The quantitative estimate of drug-likeness (QED) is 0.907. The average Bonchev–Trinajstić information content (AvgIpc) is 2.33. The molecule has 1 aromatic carbocycles. The summed E-state index contributed by atoms with van der Waals surface area (Å²) in [5.74, 6) is 0.458. The van der Waals surface area contributed by atoms with E-state index >= 15 is 0 Å². The molecule has 0 atom stereocenters. The van der Waals surface area contributed by atoms with Gasteiger partial charge in [-0.05, 0) is 36.5 Å². The summed E-state index contributed by atoms with van der Waals surface area (Å²) in [5.41, 5.74) is 0.542. The zero-order chi connectivity index (χ0) is 14.0. The number of halogens is 1. The molecule has 1 aliphatic carbocycles. The van der Waals surface area contributed by atoms with E-state index in [1.165, 1.54) is 22.9 Å². The topological polar surface area (TPSA) is 57.6 Å². The van der Waals surface area contributed by atoms with E-state index in [1.807, 2.05) is 0 Å². The van der Waals surface area contributed by atoms with Crippen molar-refractivity contribution in [3.05, 3.63) is 28.8 Å². The fourth-order valence-corrected chi connectivity index (χ4v) is 3.92. The number of sulfonamides is 1. The first-order valence-electron chi connectivity index (χ1n) is 6.31. The molecule has 0 aromatic heterocycles. The van der Waals surface area contributed by atoms with Gasteiger partial charge in [0, 0.05) is 13.6 Å². The van der Waals surface area contributed by atoms with E-state index in [2.05, 4.69) is 0 Å². The largest absolute Gasteiger partial charge is 0.392 e. The first-order chi connectivity index (χ1) is 8.95. The van der Waals surface area contributed by atoms with E-state index < -0.39 is 10.0 Å². The second-order valence-corrected chi connectivity index (χ2v) is 7.43. The molecule has 1 saturated carbocycles. The molecule has 0 aliphatic heterocycles. The van der Waals surface area contributed by atoms with Gasteiger partial charge in [0.2, 0.25) is 10.0 Å². The lowest BCUT2D eigenvalue weighted by atomic mass is 9.86. The van der Waals surface area contributed by atoms with Crippen LogP contribution in [0.3, 0.4) is 0 Å². The van der Waals surface area contributed by atoms with Crippen LogP contribution in [0.4, 0.5) is 0 Å². The highest BCUT2D eigenvalue weighted by atomic mass is 35.5. The molecule has 0 bridgehead atoms. The van der Waals surface area contributed by atoms with Crippen molar-refractivity contribution in [3.8, 4) is 0 Å². The maximum absolute atomic E-state index is 12.5. The molecule has 0 radical (unpaired) electrons. The zero-order valence-electron chi connectivity index (χ0n) is 10.8. The van der Waals surface area contributed by atoms with E-state index in [0.29, 0.717) is 18.0 Å². The summed E-state index contributed by atoms with van der Waals surface area (Å²) in [7, 11) is -2.00. The van der Waals surface area contributed by atoms with Gasteiger partial charge in [0.15, 0.2) is 0 Å². The number of hydrogen-bond acceptors (Lipinski definition) is 3. The minimum Gasteiger partial charge on any atom is -0.392 e. The Bertz CT molecular complexity index is 555.